The number of nitrogens with one attached hydrogen (secondary N) is 2. The number of aliphatic hydroxyl groups is 1. The van der Waals surface area contributed by atoms with Crippen molar-refractivity contribution >= 4 is 29.2 Å². The number of urea groups is 1. The van der Waals surface area contributed by atoms with Crippen molar-refractivity contribution < 1.29 is 37.4 Å². The number of benzene rings is 2. The van der Waals surface area contributed by atoms with Crippen LogP contribution >= 0.6 is 0 Å². The highest BCUT2D eigenvalue weighted by Crippen LogP contribution is 2.30. The molecule has 3 N–H and O–H groups in total. The van der Waals surface area contributed by atoms with Crippen molar-refractivity contribution in [1.82, 2.24) is 9.80 Å². The van der Waals surface area contributed by atoms with Gasteiger partial charge in [-0.2, -0.15) is 13.2 Å². The van der Waals surface area contributed by atoms with E-state index in [1.165, 1.54) is 17.0 Å². The van der Waals surface area contributed by atoms with Crippen molar-refractivity contribution in [3.05, 3.63) is 54.1 Å². The second kappa shape index (κ2) is 13.5. The van der Waals surface area contributed by atoms with Crippen molar-refractivity contribution in [3.8, 4) is 5.75 Å². The van der Waals surface area contributed by atoms with E-state index in [0.717, 1.165) is 0 Å². The number of rotatable bonds is 8. The molecule has 3 atom stereocenters. The quantitative estimate of drug-likeness (QED) is 0.443. The van der Waals surface area contributed by atoms with Crippen LogP contribution in [0.15, 0.2) is 48.5 Å². The summed E-state index contributed by atoms with van der Waals surface area (Å²) in [5.74, 6) is -0.984. The summed E-state index contributed by atoms with van der Waals surface area (Å²) in [4.78, 5) is 41.2. The van der Waals surface area contributed by atoms with Crippen LogP contribution in [0.4, 0.5) is 29.3 Å². The van der Waals surface area contributed by atoms with E-state index in [9.17, 15) is 32.7 Å². The molecule has 2 aromatic rings. The van der Waals surface area contributed by atoms with E-state index in [-0.39, 0.29) is 49.7 Å². The van der Waals surface area contributed by atoms with Crippen LogP contribution in [0.25, 0.3) is 0 Å². The highest BCUT2D eigenvalue weighted by molar-refractivity contribution is 5.91. The lowest BCUT2D eigenvalue weighted by molar-refractivity contribution is -0.142. The van der Waals surface area contributed by atoms with E-state index in [1.54, 1.807) is 49.2 Å². The zero-order valence-corrected chi connectivity index (χ0v) is 22.7. The Labute approximate surface area is 231 Å². The summed E-state index contributed by atoms with van der Waals surface area (Å²) in [5.41, 5.74) is 1.28. The number of hydrogen-bond donors (Lipinski definition) is 3. The van der Waals surface area contributed by atoms with Crippen LogP contribution in [-0.4, -0.2) is 77.8 Å². The molecule has 1 heterocycles. The van der Waals surface area contributed by atoms with E-state index in [1.807, 2.05) is 13.0 Å². The van der Waals surface area contributed by atoms with Crippen molar-refractivity contribution in [1.29, 1.82) is 0 Å². The molecule has 0 aromatic heterocycles. The molecule has 40 heavy (non-hydrogen) atoms. The summed E-state index contributed by atoms with van der Waals surface area (Å²) in [6.45, 7) is 3.78. The van der Waals surface area contributed by atoms with Crippen LogP contribution in [0.5, 0.6) is 5.75 Å². The molecule has 0 spiro atoms. The summed E-state index contributed by atoms with van der Waals surface area (Å²) in [6.07, 6.45) is -7.10. The van der Waals surface area contributed by atoms with Crippen LogP contribution in [0.2, 0.25) is 0 Å². The molecule has 218 valence electrons. The van der Waals surface area contributed by atoms with Crippen LogP contribution < -0.4 is 15.4 Å². The molecule has 0 unspecified atom stereocenters. The third-order valence-corrected chi connectivity index (χ3v) is 6.66. The zero-order chi connectivity index (χ0) is 29.4. The monoisotopic (exact) mass is 564 g/mol. The molecular formula is C28H35F3N4O5. The summed E-state index contributed by atoms with van der Waals surface area (Å²) in [7, 11) is 1.63. The highest BCUT2D eigenvalue weighted by atomic mass is 19.4. The van der Waals surface area contributed by atoms with Gasteiger partial charge < -0.3 is 30.3 Å². The number of ether oxygens (including phenoxy) is 1. The molecular weight excluding hydrogens is 529 g/mol. The predicted molar refractivity (Wildman–Crippen MR) is 144 cm³/mol. The molecule has 4 amide bonds. The minimum atomic E-state index is -4.45. The number of para-hydroxylation sites is 1. The number of aliphatic hydroxyl groups excluding tert-OH is 1. The van der Waals surface area contributed by atoms with Crippen LogP contribution in [-0.2, 0) is 16.0 Å². The fraction of sp³-hybridized carbons (Fsp3) is 0.464. The Bertz CT molecular complexity index is 1180. The minimum Gasteiger partial charge on any atom is -0.488 e. The molecule has 9 nitrogen and oxygen atoms in total. The molecule has 1 aliphatic heterocycles. The molecule has 0 bridgehead atoms. The van der Waals surface area contributed by atoms with Gasteiger partial charge in [0.05, 0.1) is 32.0 Å². The Morgan fingerprint density at radius 3 is 2.50 bits per heavy atom. The van der Waals surface area contributed by atoms with Gasteiger partial charge in [0.2, 0.25) is 11.8 Å². The lowest BCUT2D eigenvalue weighted by Crippen LogP contribution is -2.48. The van der Waals surface area contributed by atoms with Gasteiger partial charge in [-0.05, 0) is 37.3 Å². The topological polar surface area (TPSA) is 111 Å². The number of anilines is 2. The summed E-state index contributed by atoms with van der Waals surface area (Å²) >= 11 is 0. The average molecular weight is 565 g/mol. The number of amides is 4. The third kappa shape index (κ3) is 8.87. The maximum absolute atomic E-state index is 13.3. The van der Waals surface area contributed by atoms with E-state index in [2.05, 4.69) is 10.6 Å². The maximum Gasteiger partial charge on any atom is 0.389 e. The first-order chi connectivity index (χ1) is 18.9. The van der Waals surface area contributed by atoms with Crippen LogP contribution in [0.1, 0.15) is 32.3 Å². The molecule has 1 aliphatic rings. The van der Waals surface area contributed by atoms with Gasteiger partial charge in [-0.25, -0.2) is 4.79 Å². The fourth-order valence-electron chi connectivity index (χ4n) is 4.30. The van der Waals surface area contributed by atoms with Gasteiger partial charge in [-0.1, -0.05) is 25.1 Å². The molecule has 2 aromatic carbocycles. The summed E-state index contributed by atoms with van der Waals surface area (Å²) < 4.78 is 43.9. The van der Waals surface area contributed by atoms with Crippen molar-refractivity contribution in [2.24, 2.45) is 5.92 Å². The van der Waals surface area contributed by atoms with Crippen LogP contribution in [0, 0.1) is 5.92 Å². The van der Waals surface area contributed by atoms with Gasteiger partial charge in [-0.3, -0.25) is 9.59 Å². The lowest BCUT2D eigenvalue weighted by Gasteiger charge is -2.34. The van der Waals surface area contributed by atoms with Gasteiger partial charge in [0.1, 0.15) is 11.9 Å². The van der Waals surface area contributed by atoms with Crippen molar-refractivity contribution in [2.45, 2.75) is 51.4 Å². The molecule has 0 saturated carbocycles. The molecule has 0 aliphatic carbocycles. The first-order valence-corrected chi connectivity index (χ1v) is 13.0. The SMILES string of the molecule is C[C@@H]1CN([C@H](C)CO)C(=O)Cc2cc(NC(=O)CCC(F)(F)F)ccc2O[C@H]1CN(C)C(=O)Nc1ccccc1. The summed E-state index contributed by atoms with van der Waals surface area (Å²) in [5, 5.41) is 15.0. The molecule has 0 saturated heterocycles. The normalized spacial score (nSPS) is 18.4. The number of nitrogens with zero attached hydrogens (tertiary/aromatic N) is 2. The average Bonchev–Trinajstić information content (AvgIpc) is 2.94. The summed E-state index contributed by atoms with van der Waals surface area (Å²) in [6, 6.07) is 12.7. The number of carbonyl (C=O) groups excluding carboxylic acids is 3. The predicted octanol–water partition coefficient (Wildman–Crippen LogP) is 4.28. The Balaban J connectivity index is 1.84. The first kappa shape index (κ1) is 30.7. The molecule has 3 rings (SSSR count). The van der Waals surface area contributed by atoms with Gasteiger partial charge in [-0.15, -0.1) is 0 Å². The standard InChI is InChI=1S/C28H35F3N4O5/c1-18-15-35(19(2)17-36)26(38)14-20-13-22(32-25(37)11-12-28(29,30)31)9-10-23(20)40-24(18)16-34(3)27(39)33-21-7-5-4-6-8-21/h4-10,13,18-19,24,36H,11-12,14-17H2,1-3H3,(H,32,37)(H,33,39)/t18-,19-,24+/m1/s1. The van der Waals surface area contributed by atoms with E-state index in [4.69, 9.17) is 4.74 Å². The number of carbonyl (C=O) groups is 3. The van der Waals surface area contributed by atoms with Crippen molar-refractivity contribution in [2.75, 3.05) is 37.4 Å². The second-order valence-electron chi connectivity index (χ2n) is 10.1. The Kier molecular flexibility index (Phi) is 10.4. The fourth-order valence-corrected chi connectivity index (χ4v) is 4.30. The van der Waals surface area contributed by atoms with Gasteiger partial charge in [0.15, 0.2) is 0 Å². The first-order valence-electron chi connectivity index (χ1n) is 13.0. The van der Waals surface area contributed by atoms with Gasteiger partial charge in [0.25, 0.3) is 0 Å². The minimum absolute atomic E-state index is 0.115. The lowest BCUT2D eigenvalue weighted by atomic mass is 10.0. The maximum atomic E-state index is 13.3. The Hall–Kier alpha value is -3.80. The Morgan fingerprint density at radius 1 is 1.15 bits per heavy atom. The Morgan fingerprint density at radius 2 is 1.85 bits per heavy atom. The highest BCUT2D eigenvalue weighted by Gasteiger charge is 2.32. The van der Waals surface area contributed by atoms with E-state index >= 15 is 0 Å². The molecule has 12 heteroatoms. The smallest absolute Gasteiger partial charge is 0.389 e. The number of halogens is 3. The largest absolute Gasteiger partial charge is 0.488 e. The van der Waals surface area contributed by atoms with E-state index < -0.39 is 37.1 Å². The van der Waals surface area contributed by atoms with Crippen LogP contribution in [0.3, 0.4) is 0 Å². The van der Waals surface area contributed by atoms with Crippen molar-refractivity contribution in [3.63, 3.8) is 0 Å². The number of likely N-dealkylation sites (N-methyl/N-ethyl adjacent to an activating group) is 1. The van der Waals surface area contributed by atoms with Gasteiger partial charge >= 0.3 is 12.2 Å². The number of alkyl halides is 3. The number of fused-ring (bicyclic) bond motifs is 1. The number of hydrogen-bond acceptors (Lipinski definition) is 5. The van der Waals surface area contributed by atoms with Gasteiger partial charge in [0, 0.05) is 42.9 Å². The zero-order valence-electron chi connectivity index (χ0n) is 22.7. The molecule has 0 radical (unpaired) electrons. The van der Waals surface area contributed by atoms with E-state index in [0.29, 0.717) is 17.0 Å². The second-order valence-corrected chi connectivity index (χ2v) is 10.1. The third-order valence-electron chi connectivity index (χ3n) is 6.66. The molecule has 0 fully saturated rings.